The van der Waals surface area contributed by atoms with Crippen molar-refractivity contribution in [3.8, 4) is 0 Å². The van der Waals surface area contributed by atoms with E-state index >= 15 is 0 Å². The van der Waals surface area contributed by atoms with Crippen LogP contribution in [0.3, 0.4) is 0 Å². The van der Waals surface area contributed by atoms with Crippen molar-refractivity contribution in [2.24, 2.45) is 11.1 Å². The summed E-state index contributed by atoms with van der Waals surface area (Å²) in [6, 6.07) is -1.74. The van der Waals surface area contributed by atoms with E-state index in [-0.39, 0.29) is 13.0 Å². The monoisotopic (exact) mass is 244 g/mol. The smallest absolute Gasteiger partial charge is 0.326 e. The zero-order valence-electron chi connectivity index (χ0n) is 10.4. The van der Waals surface area contributed by atoms with E-state index in [0.717, 1.165) is 0 Å². The maximum absolute atomic E-state index is 12.1. The number of aliphatic hydroxyl groups is 1. The number of likely N-dealkylation sites (tertiary alicyclic amines) is 1. The number of β-amino-alcohol motifs (C(OH)–C–C–N with tert-alkyl or cyclic N) is 1. The number of rotatable bonds is 2. The minimum Gasteiger partial charge on any atom is -0.480 e. The molecule has 0 aromatic carbocycles. The summed E-state index contributed by atoms with van der Waals surface area (Å²) in [4.78, 5) is 24.2. The molecule has 0 saturated carbocycles. The van der Waals surface area contributed by atoms with Crippen molar-refractivity contribution >= 4 is 11.9 Å². The standard InChI is InChI=1S/C11H20N2O4/c1-11(2,3)8(12)9(15)13-5-6(14)4-7(13)10(16)17/h6-8,14H,4-5,12H2,1-3H3,(H,16,17)/t6-,7-,8-/m0/s1. The van der Waals surface area contributed by atoms with Gasteiger partial charge in [-0.15, -0.1) is 0 Å². The zero-order valence-corrected chi connectivity index (χ0v) is 10.4. The Balaban J connectivity index is 2.84. The summed E-state index contributed by atoms with van der Waals surface area (Å²) < 4.78 is 0. The molecule has 1 saturated heterocycles. The van der Waals surface area contributed by atoms with Gasteiger partial charge in [-0.2, -0.15) is 0 Å². The van der Waals surface area contributed by atoms with Crippen molar-refractivity contribution in [3.05, 3.63) is 0 Å². The number of nitrogens with zero attached hydrogens (tertiary/aromatic N) is 1. The van der Waals surface area contributed by atoms with Gasteiger partial charge in [0.05, 0.1) is 12.1 Å². The molecule has 98 valence electrons. The lowest BCUT2D eigenvalue weighted by molar-refractivity contribution is -0.149. The molecule has 0 radical (unpaired) electrons. The maximum Gasteiger partial charge on any atom is 0.326 e. The summed E-state index contributed by atoms with van der Waals surface area (Å²) in [6.07, 6.45) is -0.718. The zero-order chi connectivity index (χ0) is 13.4. The fourth-order valence-corrected chi connectivity index (χ4v) is 1.84. The van der Waals surface area contributed by atoms with E-state index < -0.39 is 35.5 Å². The molecule has 1 aliphatic rings. The van der Waals surface area contributed by atoms with E-state index in [1.807, 2.05) is 20.8 Å². The summed E-state index contributed by atoms with van der Waals surface area (Å²) in [6.45, 7) is 5.49. The molecule has 6 heteroatoms. The molecule has 0 aromatic heterocycles. The predicted molar refractivity (Wildman–Crippen MR) is 61.2 cm³/mol. The van der Waals surface area contributed by atoms with Gasteiger partial charge in [-0.1, -0.05) is 20.8 Å². The average Bonchev–Trinajstić information content (AvgIpc) is 2.56. The van der Waals surface area contributed by atoms with Crippen LogP contribution in [0.25, 0.3) is 0 Å². The van der Waals surface area contributed by atoms with Crippen LogP contribution in [0.1, 0.15) is 27.2 Å². The minimum absolute atomic E-state index is 0.0413. The second kappa shape index (κ2) is 4.62. The molecule has 17 heavy (non-hydrogen) atoms. The van der Waals surface area contributed by atoms with Crippen LogP contribution in [0.5, 0.6) is 0 Å². The third-order valence-electron chi connectivity index (χ3n) is 3.05. The first-order valence-electron chi connectivity index (χ1n) is 5.61. The van der Waals surface area contributed by atoms with Crippen molar-refractivity contribution in [3.63, 3.8) is 0 Å². The summed E-state index contributed by atoms with van der Waals surface area (Å²) in [7, 11) is 0. The van der Waals surface area contributed by atoms with Gasteiger partial charge in [0.25, 0.3) is 0 Å². The number of aliphatic carboxylic acids is 1. The lowest BCUT2D eigenvalue weighted by Gasteiger charge is -2.31. The van der Waals surface area contributed by atoms with E-state index in [4.69, 9.17) is 10.8 Å². The third-order valence-corrected chi connectivity index (χ3v) is 3.05. The molecule has 1 rings (SSSR count). The van der Waals surface area contributed by atoms with Gasteiger partial charge in [-0.05, 0) is 5.41 Å². The third kappa shape index (κ3) is 2.95. The van der Waals surface area contributed by atoms with E-state index in [9.17, 15) is 14.7 Å². The second-order valence-corrected chi connectivity index (χ2v) is 5.58. The highest BCUT2D eigenvalue weighted by molar-refractivity contribution is 5.88. The number of amides is 1. The van der Waals surface area contributed by atoms with Crippen LogP contribution in [0.2, 0.25) is 0 Å². The Hall–Kier alpha value is -1.14. The highest BCUT2D eigenvalue weighted by Gasteiger charge is 2.42. The van der Waals surface area contributed by atoms with Gasteiger partial charge in [0.1, 0.15) is 6.04 Å². The van der Waals surface area contributed by atoms with E-state index in [1.54, 1.807) is 0 Å². The molecule has 1 heterocycles. The fourth-order valence-electron chi connectivity index (χ4n) is 1.84. The van der Waals surface area contributed by atoms with Crippen LogP contribution in [0.4, 0.5) is 0 Å². The first kappa shape index (κ1) is 13.9. The number of carbonyl (C=O) groups excluding carboxylic acids is 1. The fraction of sp³-hybridized carbons (Fsp3) is 0.818. The van der Waals surface area contributed by atoms with Crippen molar-refractivity contribution in [2.75, 3.05) is 6.54 Å². The molecule has 6 nitrogen and oxygen atoms in total. The minimum atomic E-state index is -1.10. The largest absolute Gasteiger partial charge is 0.480 e. The molecule has 1 amide bonds. The molecule has 0 unspecified atom stereocenters. The Morgan fingerprint density at radius 3 is 2.35 bits per heavy atom. The second-order valence-electron chi connectivity index (χ2n) is 5.58. The molecule has 0 spiro atoms. The molecule has 1 fully saturated rings. The molecular formula is C11H20N2O4. The summed E-state index contributed by atoms with van der Waals surface area (Å²) in [5.74, 6) is -1.52. The normalized spacial score (nSPS) is 27.0. The number of hydrogen-bond acceptors (Lipinski definition) is 4. The van der Waals surface area contributed by atoms with Gasteiger partial charge in [0, 0.05) is 13.0 Å². The van der Waals surface area contributed by atoms with Crippen molar-refractivity contribution < 1.29 is 19.8 Å². The van der Waals surface area contributed by atoms with E-state index in [1.165, 1.54) is 4.90 Å². The Kier molecular flexibility index (Phi) is 3.78. The summed E-state index contributed by atoms with van der Waals surface area (Å²) >= 11 is 0. The maximum atomic E-state index is 12.1. The number of hydrogen-bond donors (Lipinski definition) is 3. The summed E-state index contributed by atoms with van der Waals surface area (Å²) in [5.41, 5.74) is 5.38. The predicted octanol–water partition coefficient (Wildman–Crippen LogP) is -0.594. The van der Waals surface area contributed by atoms with E-state index in [2.05, 4.69) is 0 Å². The van der Waals surface area contributed by atoms with E-state index in [0.29, 0.717) is 0 Å². The lowest BCUT2D eigenvalue weighted by atomic mass is 9.86. The van der Waals surface area contributed by atoms with Crippen molar-refractivity contribution in [1.82, 2.24) is 4.90 Å². The molecule has 3 atom stereocenters. The summed E-state index contributed by atoms with van der Waals surface area (Å²) in [5, 5.41) is 18.4. The first-order chi connectivity index (χ1) is 7.64. The van der Waals surface area contributed by atoms with Crippen LogP contribution in [0, 0.1) is 5.41 Å². The lowest BCUT2D eigenvalue weighted by Crippen LogP contribution is -2.53. The molecule has 4 N–H and O–H groups in total. The average molecular weight is 244 g/mol. The Bertz CT molecular complexity index is 324. The number of carbonyl (C=O) groups is 2. The van der Waals surface area contributed by atoms with Crippen LogP contribution in [-0.4, -0.2) is 51.7 Å². The highest BCUT2D eigenvalue weighted by atomic mass is 16.4. The first-order valence-corrected chi connectivity index (χ1v) is 5.61. The number of aliphatic hydroxyl groups excluding tert-OH is 1. The van der Waals surface area contributed by atoms with Crippen LogP contribution >= 0.6 is 0 Å². The van der Waals surface area contributed by atoms with Gasteiger partial charge in [0.2, 0.25) is 5.91 Å². The number of carboxylic acids is 1. The Morgan fingerprint density at radius 2 is 1.94 bits per heavy atom. The quantitative estimate of drug-likeness (QED) is 0.602. The van der Waals surface area contributed by atoms with Crippen LogP contribution < -0.4 is 5.73 Å². The molecular weight excluding hydrogens is 224 g/mol. The van der Waals surface area contributed by atoms with Gasteiger partial charge in [-0.3, -0.25) is 4.79 Å². The number of carboxylic acid groups (broad SMARTS) is 1. The van der Waals surface area contributed by atoms with Gasteiger partial charge in [-0.25, -0.2) is 4.79 Å². The van der Waals surface area contributed by atoms with Crippen molar-refractivity contribution in [2.45, 2.75) is 45.4 Å². The molecule has 1 aliphatic heterocycles. The number of nitrogens with two attached hydrogens (primary N) is 1. The van der Waals surface area contributed by atoms with Gasteiger partial charge < -0.3 is 20.8 Å². The molecule has 0 aliphatic carbocycles. The van der Waals surface area contributed by atoms with Crippen LogP contribution in [-0.2, 0) is 9.59 Å². The molecule has 0 aromatic rings. The van der Waals surface area contributed by atoms with Gasteiger partial charge in [0.15, 0.2) is 0 Å². The van der Waals surface area contributed by atoms with Crippen LogP contribution in [0.15, 0.2) is 0 Å². The van der Waals surface area contributed by atoms with Crippen molar-refractivity contribution in [1.29, 1.82) is 0 Å². The highest BCUT2D eigenvalue weighted by Crippen LogP contribution is 2.24. The Morgan fingerprint density at radius 1 is 1.41 bits per heavy atom. The Labute approximate surface area is 100 Å². The SMILES string of the molecule is CC(C)(C)[C@@H](N)C(=O)N1C[C@@H](O)C[C@H]1C(=O)O. The van der Waals surface area contributed by atoms with Gasteiger partial charge >= 0.3 is 5.97 Å². The molecule has 0 bridgehead atoms. The topological polar surface area (TPSA) is 104 Å².